The standard InChI is InChI=1S/C19H20F2N2O2/c1-19(2,3)12-4-7-14(8-5-12)22-17(24)11-18(25)23-16-9-6-13(20)10-15(16)21/h4-10H,11H2,1-3H3,(H,22,24)(H,23,25). The Morgan fingerprint density at radius 3 is 2.08 bits per heavy atom. The van der Waals surface area contributed by atoms with Crippen LogP contribution in [0.4, 0.5) is 20.2 Å². The molecule has 2 aromatic carbocycles. The number of rotatable bonds is 4. The molecule has 0 radical (unpaired) electrons. The number of carbonyl (C=O) groups excluding carboxylic acids is 2. The summed E-state index contributed by atoms with van der Waals surface area (Å²) in [5.41, 5.74) is 1.52. The fourth-order valence-corrected chi connectivity index (χ4v) is 2.19. The van der Waals surface area contributed by atoms with E-state index < -0.39 is 29.9 Å². The highest BCUT2D eigenvalue weighted by molar-refractivity contribution is 6.08. The van der Waals surface area contributed by atoms with Gasteiger partial charge in [0.2, 0.25) is 11.8 Å². The molecule has 6 heteroatoms. The van der Waals surface area contributed by atoms with Crippen molar-refractivity contribution in [1.82, 2.24) is 0 Å². The molecular formula is C19H20F2N2O2. The van der Waals surface area contributed by atoms with Crippen molar-refractivity contribution in [3.8, 4) is 0 Å². The number of benzene rings is 2. The highest BCUT2D eigenvalue weighted by atomic mass is 19.1. The minimum absolute atomic E-state index is 0.00164. The SMILES string of the molecule is CC(C)(C)c1ccc(NC(=O)CC(=O)Nc2ccc(F)cc2F)cc1. The summed E-state index contributed by atoms with van der Waals surface area (Å²) in [6.07, 6.45) is -0.474. The van der Waals surface area contributed by atoms with Crippen molar-refractivity contribution >= 4 is 23.2 Å². The van der Waals surface area contributed by atoms with Gasteiger partial charge in [-0.25, -0.2) is 8.78 Å². The van der Waals surface area contributed by atoms with Gasteiger partial charge in [-0.15, -0.1) is 0 Å². The molecule has 0 bridgehead atoms. The zero-order valence-corrected chi connectivity index (χ0v) is 14.3. The van der Waals surface area contributed by atoms with Crippen LogP contribution in [0, 0.1) is 11.6 Å². The summed E-state index contributed by atoms with van der Waals surface area (Å²) in [5, 5.41) is 4.85. The molecule has 0 heterocycles. The summed E-state index contributed by atoms with van der Waals surface area (Å²) < 4.78 is 26.3. The molecule has 0 aliphatic heterocycles. The van der Waals surface area contributed by atoms with Gasteiger partial charge in [-0.3, -0.25) is 9.59 Å². The average Bonchev–Trinajstić information content (AvgIpc) is 2.49. The third-order valence-electron chi connectivity index (χ3n) is 3.56. The summed E-state index contributed by atoms with van der Waals surface area (Å²) in [5.74, 6) is -2.85. The predicted molar refractivity (Wildman–Crippen MR) is 93.4 cm³/mol. The zero-order chi connectivity index (χ0) is 18.6. The molecule has 2 N–H and O–H groups in total. The molecule has 0 atom stereocenters. The fraction of sp³-hybridized carbons (Fsp3) is 0.263. The van der Waals surface area contributed by atoms with Gasteiger partial charge in [0.15, 0.2) is 0 Å². The Labute approximate surface area is 145 Å². The van der Waals surface area contributed by atoms with Gasteiger partial charge in [0, 0.05) is 11.8 Å². The average molecular weight is 346 g/mol. The van der Waals surface area contributed by atoms with Crippen LogP contribution in [-0.4, -0.2) is 11.8 Å². The second-order valence-electron chi connectivity index (χ2n) is 6.72. The summed E-state index contributed by atoms with van der Waals surface area (Å²) in [7, 11) is 0. The lowest BCUT2D eigenvalue weighted by atomic mass is 9.87. The fourth-order valence-electron chi connectivity index (χ4n) is 2.19. The number of amides is 2. The maximum atomic E-state index is 13.5. The largest absolute Gasteiger partial charge is 0.326 e. The quantitative estimate of drug-likeness (QED) is 0.814. The highest BCUT2D eigenvalue weighted by Crippen LogP contribution is 2.23. The van der Waals surface area contributed by atoms with E-state index in [9.17, 15) is 18.4 Å². The Morgan fingerprint density at radius 1 is 0.920 bits per heavy atom. The summed E-state index contributed by atoms with van der Waals surface area (Å²) in [6.45, 7) is 6.25. The van der Waals surface area contributed by atoms with Gasteiger partial charge >= 0.3 is 0 Å². The summed E-state index contributed by atoms with van der Waals surface area (Å²) in [6, 6.07) is 10.1. The van der Waals surface area contributed by atoms with Crippen molar-refractivity contribution in [3.63, 3.8) is 0 Å². The van der Waals surface area contributed by atoms with Crippen LogP contribution in [0.25, 0.3) is 0 Å². The number of anilines is 2. The van der Waals surface area contributed by atoms with Gasteiger partial charge in [-0.05, 0) is 35.2 Å². The van der Waals surface area contributed by atoms with Crippen molar-refractivity contribution < 1.29 is 18.4 Å². The number of carbonyl (C=O) groups is 2. The van der Waals surface area contributed by atoms with Crippen LogP contribution in [0.1, 0.15) is 32.8 Å². The van der Waals surface area contributed by atoms with Gasteiger partial charge in [-0.1, -0.05) is 32.9 Å². The molecular weight excluding hydrogens is 326 g/mol. The Balaban J connectivity index is 1.92. The van der Waals surface area contributed by atoms with E-state index in [1.54, 1.807) is 12.1 Å². The van der Waals surface area contributed by atoms with Crippen LogP contribution in [0.15, 0.2) is 42.5 Å². The topological polar surface area (TPSA) is 58.2 Å². The van der Waals surface area contributed by atoms with Crippen molar-refractivity contribution in [3.05, 3.63) is 59.7 Å². The molecule has 0 aromatic heterocycles. The Bertz CT molecular complexity index is 781. The molecule has 2 rings (SSSR count). The lowest BCUT2D eigenvalue weighted by Crippen LogP contribution is -2.22. The van der Waals surface area contributed by atoms with E-state index in [1.807, 2.05) is 12.1 Å². The lowest BCUT2D eigenvalue weighted by molar-refractivity contribution is -0.123. The molecule has 0 fully saturated rings. The van der Waals surface area contributed by atoms with Crippen LogP contribution in [0.5, 0.6) is 0 Å². The van der Waals surface area contributed by atoms with Crippen LogP contribution < -0.4 is 10.6 Å². The second kappa shape index (κ2) is 7.42. The molecule has 0 aliphatic carbocycles. The third-order valence-corrected chi connectivity index (χ3v) is 3.56. The Kier molecular flexibility index (Phi) is 5.51. The van der Waals surface area contributed by atoms with E-state index in [-0.39, 0.29) is 11.1 Å². The molecule has 2 amide bonds. The van der Waals surface area contributed by atoms with E-state index in [1.165, 1.54) is 0 Å². The number of hydrogen-bond donors (Lipinski definition) is 2. The van der Waals surface area contributed by atoms with Gasteiger partial charge in [-0.2, -0.15) is 0 Å². The van der Waals surface area contributed by atoms with E-state index in [2.05, 4.69) is 31.4 Å². The van der Waals surface area contributed by atoms with Crippen LogP contribution in [0.2, 0.25) is 0 Å². The molecule has 0 saturated heterocycles. The van der Waals surface area contributed by atoms with Gasteiger partial charge in [0.05, 0.1) is 5.69 Å². The zero-order valence-electron chi connectivity index (χ0n) is 14.3. The van der Waals surface area contributed by atoms with Gasteiger partial charge in [0.1, 0.15) is 18.1 Å². The highest BCUT2D eigenvalue weighted by Gasteiger charge is 2.15. The molecule has 4 nitrogen and oxygen atoms in total. The molecule has 0 saturated carbocycles. The van der Waals surface area contributed by atoms with Crippen molar-refractivity contribution in [2.75, 3.05) is 10.6 Å². The smallest absolute Gasteiger partial charge is 0.233 e. The Morgan fingerprint density at radius 2 is 1.52 bits per heavy atom. The van der Waals surface area contributed by atoms with Gasteiger partial charge in [0.25, 0.3) is 0 Å². The summed E-state index contributed by atoms with van der Waals surface area (Å²) in [4.78, 5) is 23.7. The number of halogens is 2. The lowest BCUT2D eigenvalue weighted by Gasteiger charge is -2.19. The molecule has 0 aliphatic rings. The minimum Gasteiger partial charge on any atom is -0.326 e. The monoisotopic (exact) mass is 346 g/mol. The third kappa shape index (κ3) is 5.38. The number of hydrogen-bond acceptors (Lipinski definition) is 2. The molecule has 0 unspecified atom stereocenters. The maximum absolute atomic E-state index is 13.5. The first-order valence-electron chi connectivity index (χ1n) is 7.80. The minimum atomic E-state index is -0.897. The maximum Gasteiger partial charge on any atom is 0.233 e. The predicted octanol–water partition coefficient (Wildman–Crippen LogP) is 4.23. The van der Waals surface area contributed by atoms with Crippen molar-refractivity contribution in [2.45, 2.75) is 32.6 Å². The summed E-state index contributed by atoms with van der Waals surface area (Å²) >= 11 is 0. The molecule has 2 aromatic rings. The molecule has 0 spiro atoms. The second-order valence-corrected chi connectivity index (χ2v) is 6.72. The van der Waals surface area contributed by atoms with Crippen LogP contribution in [0.3, 0.4) is 0 Å². The Hall–Kier alpha value is -2.76. The van der Waals surface area contributed by atoms with Crippen LogP contribution >= 0.6 is 0 Å². The number of nitrogens with one attached hydrogen (secondary N) is 2. The van der Waals surface area contributed by atoms with E-state index in [0.29, 0.717) is 11.8 Å². The molecule has 132 valence electrons. The first-order valence-corrected chi connectivity index (χ1v) is 7.80. The first-order chi connectivity index (χ1) is 11.6. The van der Waals surface area contributed by atoms with Crippen LogP contribution in [-0.2, 0) is 15.0 Å². The van der Waals surface area contributed by atoms with E-state index >= 15 is 0 Å². The normalized spacial score (nSPS) is 11.1. The van der Waals surface area contributed by atoms with Crippen molar-refractivity contribution in [1.29, 1.82) is 0 Å². The first kappa shape index (κ1) is 18.6. The van der Waals surface area contributed by atoms with E-state index in [4.69, 9.17) is 0 Å². The van der Waals surface area contributed by atoms with E-state index in [0.717, 1.165) is 17.7 Å². The molecule has 25 heavy (non-hydrogen) atoms. The van der Waals surface area contributed by atoms with Gasteiger partial charge < -0.3 is 10.6 Å². The van der Waals surface area contributed by atoms with Crippen molar-refractivity contribution in [2.24, 2.45) is 0 Å².